The molecule has 0 aromatic heterocycles. The fraction of sp³-hybridized carbons (Fsp3) is 0.800. The van der Waals surface area contributed by atoms with E-state index in [4.69, 9.17) is 0 Å². The molecule has 0 unspecified atom stereocenters. The molecule has 1 heterocycles. The van der Waals surface area contributed by atoms with Crippen molar-refractivity contribution >= 4 is 23.8 Å². The predicted molar refractivity (Wildman–Crippen MR) is 105 cm³/mol. The summed E-state index contributed by atoms with van der Waals surface area (Å²) in [6, 6.07) is -0.688. The molecule has 9 heteroatoms. The predicted octanol–water partition coefficient (Wildman–Crippen LogP) is 2.10. The summed E-state index contributed by atoms with van der Waals surface area (Å²) >= 11 is 0. The third-order valence-electron chi connectivity index (χ3n) is 5.89. The fourth-order valence-corrected chi connectivity index (χ4v) is 4.41. The molecule has 5 amide bonds. The van der Waals surface area contributed by atoms with Crippen LogP contribution in [0.3, 0.4) is 0 Å². The first-order chi connectivity index (χ1) is 13.8. The van der Waals surface area contributed by atoms with E-state index in [0.29, 0.717) is 18.8 Å². The Kier molecular flexibility index (Phi) is 8.88. The third-order valence-corrected chi connectivity index (χ3v) is 5.89. The maximum atomic E-state index is 12.9. The highest BCUT2D eigenvalue weighted by Crippen LogP contribution is 2.31. The zero-order valence-electron chi connectivity index (χ0n) is 17.4. The number of nitrogens with zero attached hydrogens (tertiary/aromatic N) is 1. The Morgan fingerprint density at radius 1 is 1.14 bits per heavy atom. The van der Waals surface area contributed by atoms with Crippen molar-refractivity contribution in [1.29, 1.82) is 0 Å². The van der Waals surface area contributed by atoms with Gasteiger partial charge in [0.15, 0.2) is 0 Å². The van der Waals surface area contributed by atoms with Crippen LogP contribution in [-0.2, 0) is 14.4 Å². The highest BCUT2D eigenvalue weighted by atomic mass is 16.5. The second-order valence-corrected chi connectivity index (χ2v) is 8.67. The number of hydroxylamine groups is 1. The van der Waals surface area contributed by atoms with E-state index in [1.165, 1.54) is 32.1 Å². The lowest BCUT2D eigenvalue weighted by Crippen LogP contribution is -2.50. The van der Waals surface area contributed by atoms with E-state index in [1.807, 2.05) is 13.8 Å². The van der Waals surface area contributed by atoms with Gasteiger partial charge in [0.2, 0.25) is 17.7 Å². The number of rotatable bonds is 10. The molecule has 2 aliphatic rings. The van der Waals surface area contributed by atoms with Gasteiger partial charge in [0.25, 0.3) is 0 Å². The number of hydrogen-bond donors (Lipinski definition) is 4. The first-order valence-electron chi connectivity index (χ1n) is 10.7. The molecule has 29 heavy (non-hydrogen) atoms. The smallest absolute Gasteiger partial charge is 0.289 e. The number of carbonyl (C=O) groups excluding carboxylic acids is 4. The molecule has 0 radical (unpaired) electrons. The molecular weight excluding hydrogens is 376 g/mol. The Balaban J connectivity index is 2.03. The van der Waals surface area contributed by atoms with Gasteiger partial charge in [0.05, 0.1) is 11.8 Å². The molecule has 1 saturated heterocycles. The van der Waals surface area contributed by atoms with Gasteiger partial charge in [-0.1, -0.05) is 58.8 Å². The first-order valence-corrected chi connectivity index (χ1v) is 10.7. The minimum absolute atomic E-state index is 0.132. The van der Waals surface area contributed by atoms with E-state index in [2.05, 4.69) is 10.7 Å². The van der Waals surface area contributed by atoms with Crippen LogP contribution >= 0.6 is 0 Å². The Bertz CT molecular complexity index is 604. The van der Waals surface area contributed by atoms with E-state index >= 15 is 0 Å². The summed E-state index contributed by atoms with van der Waals surface area (Å²) in [6.45, 7) is 3.64. The van der Waals surface area contributed by atoms with Crippen molar-refractivity contribution in [2.45, 2.75) is 71.6 Å². The van der Waals surface area contributed by atoms with Crippen molar-refractivity contribution in [2.75, 3.05) is 6.54 Å². The molecule has 164 valence electrons. The molecule has 2 atom stereocenters. The van der Waals surface area contributed by atoms with Crippen LogP contribution in [-0.4, -0.2) is 40.5 Å². The van der Waals surface area contributed by atoms with Crippen molar-refractivity contribution in [2.24, 2.45) is 23.7 Å². The Morgan fingerprint density at radius 2 is 1.83 bits per heavy atom. The van der Waals surface area contributed by atoms with Crippen molar-refractivity contribution in [3.8, 4) is 0 Å². The van der Waals surface area contributed by atoms with Crippen molar-refractivity contribution in [1.82, 2.24) is 21.2 Å². The lowest BCUT2D eigenvalue weighted by Gasteiger charge is -2.28. The van der Waals surface area contributed by atoms with Crippen molar-refractivity contribution < 1.29 is 24.4 Å². The minimum atomic E-state index is -0.711. The summed E-state index contributed by atoms with van der Waals surface area (Å²) in [5.74, 6) is -2.19. The average Bonchev–Trinajstić information content (AvgIpc) is 3.00. The average molecular weight is 411 g/mol. The summed E-state index contributed by atoms with van der Waals surface area (Å²) < 4.78 is 0. The molecule has 0 spiro atoms. The van der Waals surface area contributed by atoms with Crippen LogP contribution in [0.15, 0.2) is 0 Å². The maximum Gasteiger partial charge on any atom is 0.343 e. The van der Waals surface area contributed by atoms with E-state index in [0.717, 1.165) is 17.9 Å². The van der Waals surface area contributed by atoms with E-state index < -0.39 is 35.6 Å². The lowest BCUT2D eigenvalue weighted by molar-refractivity contribution is -0.142. The highest BCUT2D eigenvalue weighted by Gasteiger charge is 2.37. The lowest BCUT2D eigenvalue weighted by atomic mass is 9.79. The summed E-state index contributed by atoms with van der Waals surface area (Å²) in [7, 11) is 0. The molecule has 2 rings (SSSR count). The first kappa shape index (κ1) is 23.1. The van der Waals surface area contributed by atoms with Gasteiger partial charge in [-0.25, -0.2) is 15.3 Å². The zero-order chi connectivity index (χ0) is 21.4. The Hall–Kier alpha value is -2.16. The normalized spacial score (nSPS) is 19.8. The maximum absolute atomic E-state index is 12.9. The van der Waals surface area contributed by atoms with Crippen molar-refractivity contribution in [3.63, 3.8) is 0 Å². The largest absolute Gasteiger partial charge is 0.343 e. The molecule has 9 nitrogen and oxygen atoms in total. The molecule has 2 fully saturated rings. The number of hydrogen-bond acceptors (Lipinski definition) is 5. The van der Waals surface area contributed by atoms with Crippen LogP contribution in [0.25, 0.3) is 0 Å². The van der Waals surface area contributed by atoms with E-state index in [-0.39, 0.29) is 12.5 Å². The monoisotopic (exact) mass is 410 g/mol. The van der Waals surface area contributed by atoms with Gasteiger partial charge in [-0.2, -0.15) is 0 Å². The molecular formula is C20H34N4O5. The number of imide groups is 1. The molecule has 0 aromatic carbocycles. The number of hydrazine groups is 1. The summed E-state index contributed by atoms with van der Waals surface area (Å²) in [5, 5.41) is 12.3. The van der Waals surface area contributed by atoms with Gasteiger partial charge >= 0.3 is 6.03 Å². The van der Waals surface area contributed by atoms with Crippen LogP contribution in [0.5, 0.6) is 0 Å². The van der Waals surface area contributed by atoms with E-state index in [9.17, 15) is 24.4 Å². The van der Waals surface area contributed by atoms with Crippen LogP contribution in [0.2, 0.25) is 0 Å². The SMILES string of the molecule is CC(C)C[C@@H](C(=O)NN1CC(=O)NC1=O)[C@H](CCCC1CCCCC1)C(=O)NO. The second-order valence-electron chi connectivity index (χ2n) is 8.67. The third kappa shape index (κ3) is 6.99. The minimum Gasteiger partial charge on any atom is -0.289 e. The zero-order valence-corrected chi connectivity index (χ0v) is 17.4. The van der Waals surface area contributed by atoms with Crippen LogP contribution in [0.1, 0.15) is 71.6 Å². The number of amides is 5. The summed E-state index contributed by atoms with van der Waals surface area (Å²) in [6.07, 6.45) is 8.93. The molecule has 4 N–H and O–H groups in total. The van der Waals surface area contributed by atoms with Crippen molar-refractivity contribution in [3.05, 3.63) is 0 Å². The summed E-state index contributed by atoms with van der Waals surface area (Å²) in [5.41, 5.74) is 4.17. The fourth-order valence-electron chi connectivity index (χ4n) is 4.41. The van der Waals surface area contributed by atoms with E-state index in [1.54, 1.807) is 5.48 Å². The highest BCUT2D eigenvalue weighted by molar-refractivity contribution is 6.02. The van der Waals surface area contributed by atoms with Crippen LogP contribution < -0.4 is 16.2 Å². The standard InChI is InChI=1S/C20H34N4O5/c1-13(2)11-16(18(26)22-24-12-17(25)21-20(24)28)15(19(27)23-29)10-6-9-14-7-4-3-5-8-14/h13-16,29H,3-12H2,1-2H3,(H,22,26)(H,23,27)(H,21,25,28)/t15-,16+/m0/s1. The Labute approximate surface area is 171 Å². The molecule has 0 bridgehead atoms. The quantitative estimate of drug-likeness (QED) is 0.249. The number of carbonyl (C=O) groups is 4. The van der Waals surface area contributed by atoms with Crippen LogP contribution in [0.4, 0.5) is 4.79 Å². The molecule has 1 saturated carbocycles. The van der Waals surface area contributed by atoms with Gasteiger partial charge < -0.3 is 0 Å². The topological polar surface area (TPSA) is 128 Å². The molecule has 1 aliphatic heterocycles. The van der Waals surface area contributed by atoms with Gasteiger partial charge in [0, 0.05) is 0 Å². The van der Waals surface area contributed by atoms with Gasteiger partial charge in [-0.15, -0.1) is 0 Å². The second kappa shape index (κ2) is 11.1. The molecule has 1 aliphatic carbocycles. The van der Waals surface area contributed by atoms with Gasteiger partial charge in [0.1, 0.15) is 6.54 Å². The van der Waals surface area contributed by atoms with Crippen LogP contribution in [0, 0.1) is 23.7 Å². The molecule has 0 aromatic rings. The Morgan fingerprint density at radius 3 is 2.38 bits per heavy atom. The summed E-state index contributed by atoms with van der Waals surface area (Å²) in [4.78, 5) is 48.4. The number of nitrogens with one attached hydrogen (secondary N) is 3. The number of urea groups is 1. The van der Waals surface area contributed by atoms with Gasteiger partial charge in [-0.3, -0.25) is 30.3 Å². The van der Waals surface area contributed by atoms with Gasteiger partial charge in [-0.05, 0) is 24.7 Å².